The third-order valence-corrected chi connectivity index (χ3v) is 11.5. The lowest BCUT2D eigenvalue weighted by Gasteiger charge is -2.40. The standard InChI is InChI=1S/C19H23NO2S3/c1-20-25(22,17-5-3-2-4-6-17)14-18(21)10-9-15-7-8-16(18)13-19(15)23-11-12-24-19/h2-10,15-16,21H,11-14H2,1H3. The molecule has 1 aliphatic heterocycles. The first-order valence-electron chi connectivity index (χ1n) is 8.56. The van der Waals surface area contributed by atoms with E-state index in [1.54, 1.807) is 7.05 Å². The molecule has 1 spiro atoms. The summed E-state index contributed by atoms with van der Waals surface area (Å²) >= 11 is 4.04. The molecule has 0 saturated carbocycles. The largest absolute Gasteiger partial charge is 0.384 e. The van der Waals surface area contributed by atoms with E-state index in [9.17, 15) is 9.32 Å². The molecule has 4 unspecified atom stereocenters. The van der Waals surface area contributed by atoms with Gasteiger partial charge in [-0.3, -0.25) is 0 Å². The van der Waals surface area contributed by atoms with Crippen LogP contribution in [0.5, 0.6) is 0 Å². The van der Waals surface area contributed by atoms with Gasteiger partial charge in [-0.15, -0.1) is 23.5 Å². The van der Waals surface area contributed by atoms with E-state index in [-0.39, 0.29) is 15.7 Å². The van der Waals surface area contributed by atoms with Crippen molar-refractivity contribution in [2.24, 2.45) is 16.2 Å². The molecule has 3 nitrogen and oxygen atoms in total. The van der Waals surface area contributed by atoms with Crippen LogP contribution in [0.15, 0.2) is 63.9 Å². The molecule has 134 valence electrons. The zero-order valence-electron chi connectivity index (χ0n) is 14.2. The first-order chi connectivity index (χ1) is 12.0. The summed E-state index contributed by atoms with van der Waals surface area (Å²) in [6.07, 6.45) is 9.33. The second-order valence-electron chi connectivity index (χ2n) is 6.86. The van der Waals surface area contributed by atoms with Crippen LogP contribution < -0.4 is 0 Å². The summed E-state index contributed by atoms with van der Waals surface area (Å²) in [4.78, 5) is 0.696. The van der Waals surface area contributed by atoms with Crippen LogP contribution in [-0.2, 0) is 9.73 Å². The number of nitrogens with zero attached hydrogens (tertiary/aromatic N) is 1. The molecular weight excluding hydrogens is 370 g/mol. The molecule has 0 radical (unpaired) electrons. The summed E-state index contributed by atoms with van der Waals surface area (Å²) < 4.78 is 17.9. The fourth-order valence-electron chi connectivity index (χ4n) is 3.99. The summed E-state index contributed by atoms with van der Waals surface area (Å²) in [6.45, 7) is 0. The number of rotatable bonds is 3. The van der Waals surface area contributed by atoms with Crippen molar-refractivity contribution in [2.45, 2.75) is 21.0 Å². The van der Waals surface area contributed by atoms with E-state index < -0.39 is 15.3 Å². The Labute approximate surface area is 158 Å². The van der Waals surface area contributed by atoms with Gasteiger partial charge < -0.3 is 5.11 Å². The molecule has 4 atom stereocenters. The molecule has 1 aromatic rings. The molecular formula is C19H23NO2S3. The van der Waals surface area contributed by atoms with E-state index in [0.717, 1.165) is 6.42 Å². The maximum absolute atomic E-state index is 13.5. The average Bonchev–Trinajstić information content (AvgIpc) is 2.99. The Bertz CT molecular complexity index is 820. The van der Waals surface area contributed by atoms with Gasteiger partial charge in [-0.2, -0.15) is 0 Å². The predicted molar refractivity (Wildman–Crippen MR) is 109 cm³/mol. The molecule has 4 aliphatic rings. The van der Waals surface area contributed by atoms with Gasteiger partial charge in [-0.1, -0.05) is 42.5 Å². The van der Waals surface area contributed by atoms with Gasteiger partial charge in [0.1, 0.15) is 5.60 Å². The van der Waals surface area contributed by atoms with Crippen LogP contribution in [0.1, 0.15) is 6.42 Å². The summed E-state index contributed by atoms with van der Waals surface area (Å²) in [7, 11) is -1.07. The third-order valence-electron chi connectivity index (χ3n) is 5.41. The monoisotopic (exact) mass is 393 g/mol. The fraction of sp³-hybridized carbons (Fsp3) is 0.474. The Morgan fingerprint density at radius 3 is 2.60 bits per heavy atom. The molecule has 5 rings (SSSR count). The number of aliphatic hydroxyl groups is 1. The van der Waals surface area contributed by atoms with Gasteiger partial charge in [-0.05, 0) is 18.6 Å². The topological polar surface area (TPSA) is 49.7 Å². The highest BCUT2D eigenvalue weighted by atomic mass is 32.2. The van der Waals surface area contributed by atoms with Gasteiger partial charge in [0.05, 0.1) is 19.6 Å². The lowest BCUT2D eigenvalue weighted by Crippen LogP contribution is -2.44. The number of benzene rings is 1. The van der Waals surface area contributed by atoms with Gasteiger partial charge in [0.2, 0.25) is 0 Å². The molecule has 0 amide bonds. The molecule has 3 aliphatic carbocycles. The van der Waals surface area contributed by atoms with Crippen molar-refractivity contribution in [3.63, 3.8) is 0 Å². The Balaban J connectivity index is 1.69. The molecule has 0 aromatic heterocycles. The molecule has 1 N–H and O–H groups in total. The highest BCUT2D eigenvalue weighted by molar-refractivity contribution is 8.21. The van der Waals surface area contributed by atoms with Crippen molar-refractivity contribution in [2.75, 3.05) is 24.3 Å². The fourth-order valence-corrected chi connectivity index (χ4v) is 9.51. The van der Waals surface area contributed by atoms with E-state index in [2.05, 4.69) is 22.6 Å². The normalized spacial score (nSPS) is 34.8. The number of allylic oxidation sites excluding steroid dienone is 2. The maximum atomic E-state index is 13.5. The summed E-state index contributed by atoms with van der Waals surface area (Å²) in [6, 6.07) is 9.34. The first-order valence-corrected chi connectivity index (χ1v) is 12.2. The molecule has 1 aromatic carbocycles. The Hall–Kier alpha value is -0.690. The minimum absolute atomic E-state index is 0.0214. The zero-order valence-corrected chi connectivity index (χ0v) is 16.7. The Morgan fingerprint density at radius 2 is 1.92 bits per heavy atom. The third kappa shape index (κ3) is 3.01. The van der Waals surface area contributed by atoms with Crippen molar-refractivity contribution < 1.29 is 9.32 Å². The molecule has 25 heavy (non-hydrogen) atoms. The number of thioether (sulfide) groups is 2. The van der Waals surface area contributed by atoms with E-state index in [4.69, 9.17) is 0 Å². The summed E-state index contributed by atoms with van der Waals surface area (Å²) in [5.41, 5.74) is -1.12. The van der Waals surface area contributed by atoms with Gasteiger partial charge in [0, 0.05) is 35.3 Å². The van der Waals surface area contributed by atoms with Crippen molar-refractivity contribution in [3.05, 3.63) is 54.6 Å². The first kappa shape index (κ1) is 17.7. The number of hydrogen-bond acceptors (Lipinski definition) is 5. The smallest absolute Gasteiger partial charge is 0.102 e. The minimum atomic E-state index is -2.66. The maximum Gasteiger partial charge on any atom is 0.102 e. The number of hydrogen-bond donors (Lipinski definition) is 1. The van der Waals surface area contributed by atoms with Gasteiger partial charge in [-0.25, -0.2) is 8.57 Å². The van der Waals surface area contributed by atoms with E-state index in [1.807, 2.05) is 59.9 Å². The van der Waals surface area contributed by atoms with Crippen LogP contribution in [0, 0.1) is 11.8 Å². The van der Waals surface area contributed by atoms with E-state index in [1.165, 1.54) is 11.5 Å². The van der Waals surface area contributed by atoms with Crippen molar-refractivity contribution in [1.29, 1.82) is 0 Å². The summed E-state index contributed by atoms with van der Waals surface area (Å²) in [5, 5.41) is 11.5. The second-order valence-corrected chi connectivity index (χ2v) is 12.4. The second kappa shape index (κ2) is 6.48. The van der Waals surface area contributed by atoms with Crippen molar-refractivity contribution in [1.82, 2.24) is 0 Å². The highest BCUT2D eigenvalue weighted by Crippen LogP contribution is 2.58. The van der Waals surface area contributed by atoms with E-state index in [0.29, 0.717) is 10.8 Å². The van der Waals surface area contributed by atoms with Crippen LogP contribution in [-0.4, -0.2) is 43.3 Å². The average molecular weight is 394 g/mol. The molecule has 2 bridgehead atoms. The lowest BCUT2D eigenvalue weighted by atomic mass is 9.82. The molecule has 1 saturated heterocycles. The van der Waals surface area contributed by atoms with Crippen LogP contribution in [0.25, 0.3) is 0 Å². The molecule has 1 heterocycles. The van der Waals surface area contributed by atoms with E-state index >= 15 is 0 Å². The van der Waals surface area contributed by atoms with Gasteiger partial charge in [0.15, 0.2) is 0 Å². The lowest BCUT2D eigenvalue weighted by molar-refractivity contribution is 0.0666. The van der Waals surface area contributed by atoms with Crippen LogP contribution in [0.2, 0.25) is 0 Å². The van der Waals surface area contributed by atoms with Gasteiger partial charge >= 0.3 is 0 Å². The summed E-state index contributed by atoms with van der Waals surface area (Å²) in [5.74, 6) is 2.79. The highest BCUT2D eigenvalue weighted by Gasteiger charge is 2.51. The van der Waals surface area contributed by atoms with Crippen LogP contribution in [0.4, 0.5) is 0 Å². The van der Waals surface area contributed by atoms with Crippen molar-refractivity contribution >= 4 is 33.3 Å². The Kier molecular flexibility index (Phi) is 4.59. The van der Waals surface area contributed by atoms with Gasteiger partial charge in [0.25, 0.3) is 0 Å². The molecule has 6 heteroatoms. The van der Waals surface area contributed by atoms with Crippen LogP contribution in [0.3, 0.4) is 0 Å². The predicted octanol–water partition coefficient (Wildman–Crippen LogP) is 3.81. The molecule has 1 fully saturated rings. The van der Waals surface area contributed by atoms with Crippen LogP contribution >= 0.6 is 23.5 Å². The zero-order chi connectivity index (χ0) is 17.5. The minimum Gasteiger partial charge on any atom is -0.384 e. The van der Waals surface area contributed by atoms with Crippen molar-refractivity contribution in [3.8, 4) is 0 Å². The number of fused-ring (bicyclic) bond motifs is 1. The Morgan fingerprint density at radius 1 is 1.20 bits per heavy atom. The SMILES string of the molecule is CN=S(=O)(CC1(O)C=CC2C=CC1CC21SCCS1)c1ccccc1. The quantitative estimate of drug-likeness (QED) is 0.794.